The van der Waals surface area contributed by atoms with Crippen molar-refractivity contribution in [1.29, 1.82) is 0 Å². The van der Waals surface area contributed by atoms with Crippen LogP contribution in [0.1, 0.15) is 37.9 Å². The van der Waals surface area contributed by atoms with E-state index in [4.69, 9.17) is 9.47 Å². The molecular weight excluding hydrogens is 250 g/mol. The van der Waals surface area contributed by atoms with Crippen molar-refractivity contribution in [2.75, 3.05) is 33.0 Å². The zero-order chi connectivity index (χ0) is 14.8. The topological polar surface area (TPSA) is 30.5 Å². The van der Waals surface area contributed by atoms with Crippen LogP contribution in [-0.2, 0) is 9.47 Å². The van der Waals surface area contributed by atoms with Crippen LogP contribution in [0.25, 0.3) is 0 Å². The third-order valence-corrected chi connectivity index (χ3v) is 3.12. The number of likely N-dealkylation sites (N-methyl/N-ethyl adjacent to an activating group) is 1. The lowest BCUT2D eigenvalue weighted by atomic mass is 10.0. The molecule has 0 aliphatic rings. The van der Waals surface area contributed by atoms with Crippen molar-refractivity contribution < 1.29 is 9.47 Å². The molecular formula is C17H29NO2. The second-order valence-electron chi connectivity index (χ2n) is 5.51. The number of ether oxygens (including phenoxy) is 2. The standard InChI is InChI=1S/C17H29NO2/c1-5-18-17(16-9-7-6-8-15(16)4)13-20-11-10-19-12-14(2)3/h6-9,14,17-18H,5,10-13H2,1-4H3. The SMILES string of the molecule is CCNC(COCCOCC(C)C)c1ccccc1C. The third-order valence-electron chi connectivity index (χ3n) is 3.12. The minimum absolute atomic E-state index is 0.256. The monoisotopic (exact) mass is 279 g/mol. The van der Waals surface area contributed by atoms with Gasteiger partial charge in [0, 0.05) is 6.61 Å². The van der Waals surface area contributed by atoms with Crippen LogP contribution in [0.3, 0.4) is 0 Å². The molecule has 3 nitrogen and oxygen atoms in total. The Morgan fingerprint density at radius 2 is 1.70 bits per heavy atom. The first-order valence-electron chi connectivity index (χ1n) is 7.59. The quantitative estimate of drug-likeness (QED) is 0.666. The lowest BCUT2D eigenvalue weighted by molar-refractivity contribution is 0.0303. The highest BCUT2D eigenvalue weighted by Crippen LogP contribution is 2.17. The molecule has 20 heavy (non-hydrogen) atoms. The van der Waals surface area contributed by atoms with Crippen LogP contribution in [0.5, 0.6) is 0 Å². The Morgan fingerprint density at radius 1 is 1.05 bits per heavy atom. The molecule has 0 fully saturated rings. The van der Waals surface area contributed by atoms with Gasteiger partial charge in [0.05, 0.1) is 25.9 Å². The number of benzene rings is 1. The second kappa shape index (κ2) is 9.92. The van der Waals surface area contributed by atoms with E-state index in [0.29, 0.717) is 25.7 Å². The molecule has 0 amide bonds. The van der Waals surface area contributed by atoms with Crippen LogP contribution in [0.4, 0.5) is 0 Å². The molecule has 1 unspecified atom stereocenters. The van der Waals surface area contributed by atoms with Gasteiger partial charge >= 0.3 is 0 Å². The summed E-state index contributed by atoms with van der Waals surface area (Å²) < 4.78 is 11.3. The lowest BCUT2D eigenvalue weighted by Gasteiger charge is -2.20. The van der Waals surface area contributed by atoms with Gasteiger partial charge in [0.15, 0.2) is 0 Å². The summed E-state index contributed by atoms with van der Waals surface area (Å²) in [6.45, 7) is 12.3. The van der Waals surface area contributed by atoms with Crippen molar-refractivity contribution in [3.63, 3.8) is 0 Å². The molecule has 1 aromatic rings. The summed E-state index contributed by atoms with van der Waals surface area (Å²) in [4.78, 5) is 0. The lowest BCUT2D eigenvalue weighted by Crippen LogP contribution is -2.26. The Labute approximate surface area is 123 Å². The Balaban J connectivity index is 2.35. The van der Waals surface area contributed by atoms with Gasteiger partial charge in [0.2, 0.25) is 0 Å². The molecule has 0 saturated heterocycles. The Bertz CT molecular complexity index is 366. The molecule has 0 heterocycles. The molecule has 1 rings (SSSR count). The first kappa shape index (κ1) is 17.2. The summed E-state index contributed by atoms with van der Waals surface area (Å²) in [6.07, 6.45) is 0. The number of hydrogen-bond acceptors (Lipinski definition) is 3. The maximum Gasteiger partial charge on any atom is 0.0701 e. The van der Waals surface area contributed by atoms with Crippen molar-refractivity contribution in [2.45, 2.75) is 33.7 Å². The van der Waals surface area contributed by atoms with E-state index in [0.717, 1.165) is 13.2 Å². The van der Waals surface area contributed by atoms with Crippen LogP contribution in [0.15, 0.2) is 24.3 Å². The summed E-state index contributed by atoms with van der Waals surface area (Å²) in [6, 6.07) is 8.72. The molecule has 114 valence electrons. The van der Waals surface area contributed by atoms with Crippen molar-refractivity contribution in [3.05, 3.63) is 35.4 Å². The van der Waals surface area contributed by atoms with Crippen molar-refractivity contribution in [1.82, 2.24) is 5.32 Å². The minimum Gasteiger partial charge on any atom is -0.379 e. The fraction of sp³-hybridized carbons (Fsp3) is 0.647. The van der Waals surface area contributed by atoms with Crippen LogP contribution in [-0.4, -0.2) is 33.0 Å². The number of hydrogen-bond donors (Lipinski definition) is 1. The minimum atomic E-state index is 0.256. The van der Waals surface area contributed by atoms with Gasteiger partial charge < -0.3 is 14.8 Å². The average Bonchev–Trinajstić information content (AvgIpc) is 2.42. The van der Waals surface area contributed by atoms with Crippen molar-refractivity contribution in [3.8, 4) is 0 Å². The van der Waals surface area contributed by atoms with E-state index in [2.05, 4.69) is 57.3 Å². The molecule has 0 radical (unpaired) electrons. The second-order valence-corrected chi connectivity index (χ2v) is 5.51. The predicted octanol–water partition coefficient (Wildman–Crippen LogP) is 3.33. The Hall–Kier alpha value is -0.900. The number of aryl methyl sites for hydroxylation is 1. The summed E-state index contributed by atoms with van der Waals surface area (Å²) in [5, 5.41) is 3.48. The molecule has 0 saturated carbocycles. The first-order valence-corrected chi connectivity index (χ1v) is 7.59. The van der Waals surface area contributed by atoms with E-state index in [1.54, 1.807) is 0 Å². The van der Waals surface area contributed by atoms with Gasteiger partial charge in [0.1, 0.15) is 0 Å². The fourth-order valence-corrected chi connectivity index (χ4v) is 2.12. The predicted molar refractivity (Wildman–Crippen MR) is 84.1 cm³/mol. The zero-order valence-corrected chi connectivity index (χ0v) is 13.3. The fourth-order valence-electron chi connectivity index (χ4n) is 2.12. The molecule has 0 bridgehead atoms. The third kappa shape index (κ3) is 6.51. The van der Waals surface area contributed by atoms with Gasteiger partial charge in [-0.3, -0.25) is 0 Å². The number of nitrogens with one attached hydrogen (secondary N) is 1. The molecule has 0 aromatic heterocycles. The average molecular weight is 279 g/mol. The van der Waals surface area contributed by atoms with E-state index < -0.39 is 0 Å². The summed E-state index contributed by atoms with van der Waals surface area (Å²) in [5.41, 5.74) is 2.62. The maximum absolute atomic E-state index is 5.75. The van der Waals surface area contributed by atoms with Gasteiger partial charge in [-0.05, 0) is 30.5 Å². The highest BCUT2D eigenvalue weighted by atomic mass is 16.5. The molecule has 1 N–H and O–H groups in total. The normalized spacial score (nSPS) is 12.8. The van der Waals surface area contributed by atoms with Crippen LogP contribution in [0.2, 0.25) is 0 Å². The summed E-state index contributed by atoms with van der Waals surface area (Å²) in [5.74, 6) is 0.580. The summed E-state index contributed by atoms with van der Waals surface area (Å²) >= 11 is 0. The molecule has 0 aliphatic heterocycles. The maximum atomic E-state index is 5.75. The molecule has 0 aliphatic carbocycles. The van der Waals surface area contributed by atoms with E-state index in [9.17, 15) is 0 Å². The molecule has 3 heteroatoms. The van der Waals surface area contributed by atoms with Crippen LogP contribution < -0.4 is 5.32 Å². The van der Waals surface area contributed by atoms with Crippen molar-refractivity contribution >= 4 is 0 Å². The van der Waals surface area contributed by atoms with Gasteiger partial charge in [-0.2, -0.15) is 0 Å². The van der Waals surface area contributed by atoms with E-state index in [1.807, 2.05) is 0 Å². The highest BCUT2D eigenvalue weighted by molar-refractivity contribution is 5.28. The molecule has 0 spiro atoms. The van der Waals surface area contributed by atoms with Crippen LogP contribution >= 0.6 is 0 Å². The van der Waals surface area contributed by atoms with Gasteiger partial charge in [0.25, 0.3) is 0 Å². The smallest absolute Gasteiger partial charge is 0.0701 e. The summed E-state index contributed by atoms with van der Waals surface area (Å²) in [7, 11) is 0. The van der Waals surface area contributed by atoms with Crippen molar-refractivity contribution in [2.24, 2.45) is 5.92 Å². The zero-order valence-electron chi connectivity index (χ0n) is 13.3. The van der Waals surface area contributed by atoms with E-state index in [1.165, 1.54) is 11.1 Å². The van der Waals surface area contributed by atoms with E-state index >= 15 is 0 Å². The largest absolute Gasteiger partial charge is 0.379 e. The van der Waals surface area contributed by atoms with Crippen LogP contribution in [0, 0.1) is 12.8 Å². The van der Waals surface area contributed by atoms with E-state index in [-0.39, 0.29) is 6.04 Å². The highest BCUT2D eigenvalue weighted by Gasteiger charge is 2.12. The van der Waals surface area contributed by atoms with Gasteiger partial charge in [-0.15, -0.1) is 0 Å². The molecule has 1 atom stereocenters. The van der Waals surface area contributed by atoms with Gasteiger partial charge in [-0.1, -0.05) is 45.0 Å². The Morgan fingerprint density at radius 3 is 2.30 bits per heavy atom. The number of rotatable bonds is 10. The molecule has 1 aromatic carbocycles. The Kier molecular flexibility index (Phi) is 8.51. The van der Waals surface area contributed by atoms with Gasteiger partial charge in [-0.25, -0.2) is 0 Å². The first-order chi connectivity index (χ1) is 9.65.